The molecule has 0 unspecified atom stereocenters. The number of fused-ring (bicyclic) bond motifs is 1. The average Bonchev–Trinajstić information content (AvgIpc) is 3.07. The number of aromatic nitrogens is 5. The van der Waals surface area contributed by atoms with Crippen LogP contribution in [-0.2, 0) is 6.54 Å². The van der Waals surface area contributed by atoms with Gasteiger partial charge in [0.05, 0.1) is 11.9 Å². The maximum Gasteiger partial charge on any atom is 0.358 e. The van der Waals surface area contributed by atoms with Crippen LogP contribution in [-0.4, -0.2) is 35.5 Å². The summed E-state index contributed by atoms with van der Waals surface area (Å²) in [5.41, 5.74) is 2.96. The van der Waals surface area contributed by atoms with Crippen molar-refractivity contribution >= 4 is 11.6 Å². The number of imidazole rings is 1. The fourth-order valence-electron chi connectivity index (χ4n) is 2.41. The van der Waals surface area contributed by atoms with Gasteiger partial charge in [0, 0.05) is 12.4 Å². The zero-order valence-electron chi connectivity index (χ0n) is 11.2. The van der Waals surface area contributed by atoms with E-state index in [2.05, 4.69) is 27.4 Å². The number of carbonyl (C=O) groups is 1. The van der Waals surface area contributed by atoms with E-state index >= 15 is 0 Å². The molecule has 0 aliphatic heterocycles. The van der Waals surface area contributed by atoms with Crippen LogP contribution in [0.15, 0.2) is 30.7 Å². The van der Waals surface area contributed by atoms with Gasteiger partial charge in [-0.2, -0.15) is 9.90 Å². The molecule has 3 aromatic rings. The van der Waals surface area contributed by atoms with Crippen LogP contribution in [0.4, 0.5) is 0 Å². The average molecular weight is 283 g/mol. The van der Waals surface area contributed by atoms with Crippen molar-refractivity contribution in [1.29, 1.82) is 0 Å². The molecule has 106 valence electrons. The van der Waals surface area contributed by atoms with Gasteiger partial charge in [-0.1, -0.05) is 6.07 Å². The summed E-state index contributed by atoms with van der Waals surface area (Å²) >= 11 is 0. The molecule has 3 aromatic heterocycles. The van der Waals surface area contributed by atoms with E-state index in [1.54, 1.807) is 0 Å². The zero-order chi connectivity index (χ0) is 14.4. The highest BCUT2D eigenvalue weighted by molar-refractivity contribution is 5.84. The molecule has 3 heterocycles. The Morgan fingerprint density at radius 1 is 1.33 bits per heavy atom. The van der Waals surface area contributed by atoms with E-state index < -0.39 is 5.97 Å². The van der Waals surface area contributed by atoms with Crippen LogP contribution >= 0.6 is 0 Å². The summed E-state index contributed by atoms with van der Waals surface area (Å²) in [6.07, 6.45) is 7.82. The Balaban J connectivity index is 1.61. The number of carboxylic acid groups (broad SMARTS) is 1. The Morgan fingerprint density at radius 2 is 2.19 bits per heavy atom. The van der Waals surface area contributed by atoms with E-state index in [0.717, 1.165) is 11.3 Å². The third-order valence-electron chi connectivity index (χ3n) is 3.63. The van der Waals surface area contributed by atoms with Gasteiger partial charge in [-0.05, 0) is 30.4 Å². The number of hydrogen-bond donors (Lipinski definition) is 1. The van der Waals surface area contributed by atoms with Crippen LogP contribution in [0.5, 0.6) is 0 Å². The Bertz CT molecular complexity index is 831. The summed E-state index contributed by atoms with van der Waals surface area (Å²) < 4.78 is 2.00. The predicted octanol–water partition coefficient (Wildman–Crippen LogP) is 1.55. The normalized spacial score (nSPS) is 14.7. The van der Waals surface area contributed by atoms with Crippen molar-refractivity contribution in [2.45, 2.75) is 25.3 Å². The highest BCUT2D eigenvalue weighted by Crippen LogP contribution is 2.39. The van der Waals surface area contributed by atoms with Crippen molar-refractivity contribution in [2.75, 3.05) is 0 Å². The van der Waals surface area contributed by atoms with Crippen molar-refractivity contribution in [2.24, 2.45) is 0 Å². The van der Waals surface area contributed by atoms with Gasteiger partial charge in [-0.3, -0.25) is 0 Å². The Morgan fingerprint density at radius 3 is 2.90 bits per heavy atom. The first-order valence-electron chi connectivity index (χ1n) is 6.80. The van der Waals surface area contributed by atoms with Crippen molar-refractivity contribution in [1.82, 2.24) is 24.4 Å². The molecule has 0 radical (unpaired) electrons. The molecule has 0 aromatic carbocycles. The minimum absolute atomic E-state index is 0.0604. The van der Waals surface area contributed by atoms with E-state index in [1.807, 2.05) is 16.7 Å². The van der Waals surface area contributed by atoms with Gasteiger partial charge in [0.15, 0.2) is 5.69 Å². The Kier molecular flexibility index (Phi) is 2.53. The second kappa shape index (κ2) is 4.41. The monoisotopic (exact) mass is 283 g/mol. The molecular formula is C14H13N5O2. The predicted molar refractivity (Wildman–Crippen MR) is 73.3 cm³/mol. The summed E-state index contributed by atoms with van der Waals surface area (Å²) in [4.78, 5) is 16.6. The van der Waals surface area contributed by atoms with E-state index in [9.17, 15) is 4.79 Å². The maximum atomic E-state index is 10.8. The first-order valence-corrected chi connectivity index (χ1v) is 6.80. The molecule has 7 heteroatoms. The van der Waals surface area contributed by atoms with Crippen molar-refractivity contribution < 1.29 is 9.90 Å². The van der Waals surface area contributed by atoms with Gasteiger partial charge in [0.25, 0.3) is 0 Å². The lowest BCUT2D eigenvalue weighted by molar-refractivity contribution is 0.0689. The van der Waals surface area contributed by atoms with Gasteiger partial charge >= 0.3 is 5.97 Å². The third-order valence-corrected chi connectivity index (χ3v) is 3.63. The van der Waals surface area contributed by atoms with Crippen LogP contribution in [0, 0.1) is 0 Å². The molecule has 0 spiro atoms. The number of rotatable bonds is 4. The molecule has 0 atom stereocenters. The van der Waals surface area contributed by atoms with Gasteiger partial charge in [0.2, 0.25) is 0 Å². The molecule has 7 nitrogen and oxygen atoms in total. The maximum absolute atomic E-state index is 10.8. The fraction of sp³-hybridized carbons (Fsp3) is 0.286. The molecular weight excluding hydrogens is 270 g/mol. The lowest BCUT2D eigenvalue weighted by Gasteiger charge is -1.98. The number of carboxylic acids is 1. The molecule has 1 aliphatic rings. The first kappa shape index (κ1) is 12.1. The highest BCUT2D eigenvalue weighted by Gasteiger charge is 2.23. The standard InChI is InChI=1S/C14H13N5O2/c20-14(21)12-5-15-19(17-12)8-11-7-18-6-10(9-1-2-9)3-4-13(18)16-11/h3-7,9H,1-2,8H2,(H,20,21). The van der Waals surface area contributed by atoms with E-state index in [-0.39, 0.29) is 5.69 Å². The second-order valence-corrected chi connectivity index (χ2v) is 5.30. The van der Waals surface area contributed by atoms with Gasteiger partial charge in [0.1, 0.15) is 12.2 Å². The summed E-state index contributed by atoms with van der Waals surface area (Å²) in [5, 5.41) is 16.7. The van der Waals surface area contributed by atoms with Crippen LogP contribution in [0.2, 0.25) is 0 Å². The van der Waals surface area contributed by atoms with Crippen molar-refractivity contribution in [3.63, 3.8) is 0 Å². The number of aromatic carboxylic acids is 1. The Hall–Kier alpha value is -2.70. The van der Waals surface area contributed by atoms with E-state index in [1.165, 1.54) is 29.4 Å². The molecule has 0 saturated heterocycles. The van der Waals surface area contributed by atoms with Gasteiger partial charge < -0.3 is 9.51 Å². The minimum atomic E-state index is -1.08. The van der Waals surface area contributed by atoms with Crippen LogP contribution in [0.1, 0.15) is 40.5 Å². The summed E-state index contributed by atoms with van der Waals surface area (Å²) in [5.74, 6) is -0.378. The summed E-state index contributed by atoms with van der Waals surface area (Å²) in [7, 11) is 0. The molecule has 21 heavy (non-hydrogen) atoms. The number of nitrogens with zero attached hydrogens (tertiary/aromatic N) is 5. The summed E-state index contributed by atoms with van der Waals surface area (Å²) in [6, 6.07) is 4.13. The van der Waals surface area contributed by atoms with Crippen LogP contribution < -0.4 is 0 Å². The molecule has 1 aliphatic carbocycles. The minimum Gasteiger partial charge on any atom is -0.476 e. The van der Waals surface area contributed by atoms with E-state index in [0.29, 0.717) is 12.5 Å². The SMILES string of the molecule is O=C(O)c1cnn(Cc2cn3cc(C4CC4)ccc3n2)n1. The Labute approximate surface area is 119 Å². The van der Waals surface area contributed by atoms with Crippen LogP contribution in [0.3, 0.4) is 0 Å². The summed E-state index contributed by atoms with van der Waals surface area (Å²) in [6.45, 7) is 0.355. The molecule has 1 fully saturated rings. The van der Waals surface area contributed by atoms with Gasteiger partial charge in [-0.15, -0.1) is 5.10 Å². The smallest absolute Gasteiger partial charge is 0.358 e. The number of hydrogen-bond acceptors (Lipinski definition) is 4. The van der Waals surface area contributed by atoms with Crippen molar-refractivity contribution in [3.8, 4) is 0 Å². The quantitative estimate of drug-likeness (QED) is 0.785. The lowest BCUT2D eigenvalue weighted by atomic mass is 10.2. The second-order valence-electron chi connectivity index (χ2n) is 5.30. The molecule has 1 saturated carbocycles. The molecule has 0 amide bonds. The first-order chi connectivity index (χ1) is 10.2. The number of pyridine rings is 1. The third kappa shape index (κ3) is 2.26. The largest absolute Gasteiger partial charge is 0.476 e. The van der Waals surface area contributed by atoms with Crippen LogP contribution in [0.25, 0.3) is 5.65 Å². The highest BCUT2D eigenvalue weighted by atomic mass is 16.4. The van der Waals surface area contributed by atoms with Gasteiger partial charge in [-0.25, -0.2) is 9.78 Å². The molecule has 1 N–H and O–H groups in total. The topological polar surface area (TPSA) is 85.3 Å². The fourth-order valence-corrected chi connectivity index (χ4v) is 2.41. The molecule has 4 rings (SSSR count). The lowest BCUT2D eigenvalue weighted by Crippen LogP contribution is -2.06. The zero-order valence-corrected chi connectivity index (χ0v) is 11.2. The van der Waals surface area contributed by atoms with Crippen molar-refractivity contribution in [3.05, 3.63) is 47.7 Å². The molecule has 0 bridgehead atoms. The van der Waals surface area contributed by atoms with E-state index in [4.69, 9.17) is 5.11 Å².